The van der Waals surface area contributed by atoms with Crippen LogP contribution in [-0.4, -0.2) is 8.32 Å². The molecule has 13 heavy (non-hydrogen) atoms. The third-order valence-corrected chi connectivity index (χ3v) is 2.73. The monoisotopic (exact) mass is 212 g/mol. The van der Waals surface area contributed by atoms with Crippen LogP contribution < -0.4 is 4.43 Å². The summed E-state index contributed by atoms with van der Waals surface area (Å²) in [5, 5.41) is 0. The van der Waals surface area contributed by atoms with Gasteiger partial charge in [-0.25, -0.2) is 0 Å². The van der Waals surface area contributed by atoms with Gasteiger partial charge in [-0.2, -0.15) is 0 Å². The van der Waals surface area contributed by atoms with E-state index in [1.54, 1.807) is 0 Å². The van der Waals surface area contributed by atoms with Crippen LogP contribution in [0.3, 0.4) is 0 Å². The first-order valence-corrected chi connectivity index (χ1v) is 8.23. The van der Waals surface area contributed by atoms with Gasteiger partial charge in [-0.15, -0.1) is 12.6 Å². The highest BCUT2D eigenvalue weighted by atomic mass is 32.1. The fraction of sp³-hybridized carbons (Fsp3) is 0.400. The third-order valence-electron chi connectivity index (χ3n) is 1.53. The predicted octanol–water partition coefficient (Wildman–Crippen LogP) is 3.50. The summed E-state index contributed by atoms with van der Waals surface area (Å²) in [6, 6.07) is 6.06. The molecule has 0 radical (unpaired) electrons. The van der Waals surface area contributed by atoms with Crippen LogP contribution in [0.1, 0.15) is 5.56 Å². The lowest BCUT2D eigenvalue weighted by molar-refractivity contribution is 0.544. The maximum Gasteiger partial charge on any atom is 0.242 e. The Labute approximate surface area is 86.7 Å². The van der Waals surface area contributed by atoms with E-state index < -0.39 is 8.32 Å². The standard InChI is InChI=1S/C10H16OSSi/c1-8-5-6-10(12)9(7-8)11-13(2,3)4/h5-7,12H,1-4H3. The molecule has 72 valence electrons. The molecule has 0 heterocycles. The Morgan fingerprint density at radius 2 is 1.85 bits per heavy atom. The normalized spacial score (nSPS) is 11.5. The first kappa shape index (κ1) is 10.7. The lowest BCUT2D eigenvalue weighted by Crippen LogP contribution is -2.29. The fourth-order valence-corrected chi connectivity index (χ4v) is 2.13. The summed E-state index contributed by atoms with van der Waals surface area (Å²) < 4.78 is 5.88. The molecular weight excluding hydrogens is 196 g/mol. The van der Waals surface area contributed by atoms with Gasteiger partial charge in [0.25, 0.3) is 0 Å². The molecule has 0 saturated carbocycles. The van der Waals surface area contributed by atoms with E-state index in [1.807, 2.05) is 18.2 Å². The Morgan fingerprint density at radius 1 is 1.23 bits per heavy atom. The Hall–Kier alpha value is -0.413. The van der Waals surface area contributed by atoms with Crippen molar-refractivity contribution in [2.24, 2.45) is 0 Å². The van der Waals surface area contributed by atoms with Gasteiger partial charge in [0.2, 0.25) is 8.32 Å². The van der Waals surface area contributed by atoms with Crippen LogP contribution in [0.2, 0.25) is 19.6 Å². The second-order valence-corrected chi connectivity index (χ2v) is 9.10. The van der Waals surface area contributed by atoms with Crippen LogP contribution in [0.4, 0.5) is 0 Å². The van der Waals surface area contributed by atoms with E-state index in [9.17, 15) is 0 Å². The highest BCUT2D eigenvalue weighted by Crippen LogP contribution is 2.26. The summed E-state index contributed by atoms with van der Waals surface area (Å²) in [4.78, 5) is 0.924. The molecule has 1 aromatic rings. The number of rotatable bonds is 2. The van der Waals surface area contributed by atoms with Gasteiger partial charge in [0.15, 0.2) is 0 Å². The highest BCUT2D eigenvalue weighted by Gasteiger charge is 2.17. The van der Waals surface area contributed by atoms with Gasteiger partial charge in [0, 0.05) is 4.90 Å². The van der Waals surface area contributed by atoms with Crippen LogP contribution in [0.15, 0.2) is 23.1 Å². The molecule has 0 atom stereocenters. The van der Waals surface area contributed by atoms with Gasteiger partial charge in [0.1, 0.15) is 5.75 Å². The molecule has 0 bridgehead atoms. The number of benzene rings is 1. The van der Waals surface area contributed by atoms with Crippen molar-refractivity contribution >= 4 is 20.9 Å². The molecule has 0 aliphatic carbocycles. The smallest absolute Gasteiger partial charge is 0.242 e. The Kier molecular flexibility index (Phi) is 3.08. The summed E-state index contributed by atoms with van der Waals surface area (Å²) in [6.45, 7) is 8.57. The number of aryl methyl sites for hydroxylation is 1. The lowest BCUT2D eigenvalue weighted by Gasteiger charge is -2.20. The zero-order valence-corrected chi connectivity index (χ0v) is 10.5. The molecule has 1 nitrogen and oxygen atoms in total. The van der Waals surface area contributed by atoms with Crippen LogP contribution in [0.25, 0.3) is 0 Å². The number of hydrogen-bond donors (Lipinski definition) is 1. The topological polar surface area (TPSA) is 9.23 Å². The molecule has 0 spiro atoms. The Morgan fingerprint density at radius 3 is 2.38 bits per heavy atom. The van der Waals surface area contributed by atoms with Crippen molar-refractivity contribution < 1.29 is 4.43 Å². The minimum absolute atomic E-state index is 0.919. The van der Waals surface area contributed by atoms with Gasteiger partial charge in [-0.3, -0.25) is 0 Å². The zero-order chi connectivity index (χ0) is 10.1. The van der Waals surface area contributed by atoms with Gasteiger partial charge >= 0.3 is 0 Å². The second-order valence-electron chi connectivity index (χ2n) is 4.19. The van der Waals surface area contributed by atoms with Crippen LogP contribution >= 0.6 is 12.6 Å². The average Bonchev–Trinajstić information content (AvgIpc) is 1.94. The van der Waals surface area contributed by atoms with Crippen LogP contribution in [0.5, 0.6) is 5.75 Å². The Bertz CT molecular complexity index is 304. The van der Waals surface area contributed by atoms with Crippen LogP contribution in [0, 0.1) is 6.92 Å². The van der Waals surface area contributed by atoms with E-state index in [0.29, 0.717) is 0 Å². The van der Waals surface area contributed by atoms with E-state index in [4.69, 9.17) is 4.43 Å². The van der Waals surface area contributed by atoms with Gasteiger partial charge in [0.05, 0.1) is 0 Å². The molecule has 0 aliphatic rings. The summed E-state index contributed by atoms with van der Waals surface area (Å²) >= 11 is 4.35. The lowest BCUT2D eigenvalue weighted by atomic mass is 10.2. The zero-order valence-electron chi connectivity index (χ0n) is 8.59. The van der Waals surface area contributed by atoms with Crippen molar-refractivity contribution in [3.05, 3.63) is 23.8 Å². The first-order chi connectivity index (χ1) is 5.88. The van der Waals surface area contributed by atoms with E-state index in [1.165, 1.54) is 5.56 Å². The molecule has 0 fully saturated rings. The van der Waals surface area contributed by atoms with E-state index >= 15 is 0 Å². The summed E-state index contributed by atoms with van der Waals surface area (Å²) in [5.41, 5.74) is 1.21. The average molecular weight is 212 g/mol. The van der Waals surface area contributed by atoms with Crippen LogP contribution in [-0.2, 0) is 0 Å². The predicted molar refractivity (Wildman–Crippen MR) is 62.4 cm³/mol. The van der Waals surface area contributed by atoms with Gasteiger partial charge in [-0.1, -0.05) is 6.07 Å². The molecule has 0 N–H and O–H groups in total. The minimum atomic E-state index is -1.50. The highest BCUT2D eigenvalue weighted by molar-refractivity contribution is 7.80. The van der Waals surface area contributed by atoms with Gasteiger partial charge in [-0.05, 0) is 44.3 Å². The molecule has 3 heteroatoms. The van der Waals surface area contributed by atoms with Crippen molar-refractivity contribution in [2.75, 3.05) is 0 Å². The molecular formula is C10H16OSSi. The molecule has 0 unspecified atom stereocenters. The van der Waals surface area contributed by atoms with Crippen molar-refractivity contribution in [3.63, 3.8) is 0 Å². The number of thiol groups is 1. The SMILES string of the molecule is Cc1ccc(S)c(O[Si](C)(C)C)c1. The van der Waals surface area contributed by atoms with E-state index in [0.717, 1.165) is 10.6 Å². The molecule has 0 aliphatic heterocycles. The molecule has 0 saturated heterocycles. The first-order valence-electron chi connectivity index (χ1n) is 4.37. The largest absolute Gasteiger partial charge is 0.544 e. The quantitative estimate of drug-likeness (QED) is 0.583. The van der Waals surface area contributed by atoms with Gasteiger partial charge < -0.3 is 4.43 Å². The maximum absolute atomic E-state index is 5.88. The fourth-order valence-electron chi connectivity index (χ4n) is 1.03. The summed E-state index contributed by atoms with van der Waals surface area (Å²) in [7, 11) is -1.50. The van der Waals surface area contributed by atoms with E-state index in [-0.39, 0.29) is 0 Å². The van der Waals surface area contributed by atoms with Crippen molar-refractivity contribution in [1.29, 1.82) is 0 Å². The van der Waals surface area contributed by atoms with Crippen molar-refractivity contribution in [2.45, 2.75) is 31.5 Å². The Balaban J connectivity index is 2.94. The second kappa shape index (κ2) is 3.76. The minimum Gasteiger partial charge on any atom is -0.544 e. The third kappa shape index (κ3) is 3.44. The summed E-state index contributed by atoms with van der Waals surface area (Å²) in [5.74, 6) is 0.919. The van der Waals surface area contributed by atoms with Crippen molar-refractivity contribution in [1.82, 2.24) is 0 Å². The maximum atomic E-state index is 5.88. The van der Waals surface area contributed by atoms with E-state index in [2.05, 4.69) is 39.2 Å². The molecule has 0 amide bonds. The number of hydrogen-bond acceptors (Lipinski definition) is 2. The molecule has 0 aromatic heterocycles. The molecule has 1 aromatic carbocycles. The summed E-state index contributed by atoms with van der Waals surface area (Å²) in [6.07, 6.45) is 0. The van der Waals surface area contributed by atoms with Crippen molar-refractivity contribution in [3.8, 4) is 5.75 Å². The molecule has 1 rings (SSSR count).